The molecule has 11 nitrogen and oxygen atoms in total. The number of nitrogens with two attached hydrogens (primary N) is 1. The molecule has 0 aromatic rings. The lowest BCUT2D eigenvalue weighted by Crippen LogP contribution is -2.49. The molecule has 0 aliphatic carbocycles. The second-order valence-corrected chi connectivity index (χ2v) is 8.92. The SMILES string of the molecule is CC(C)(C)C(=O)C(CCCNC(N)=O)NC(=O)CNC(=O)CCCCCN1C(=O)C=CC1=O. The fourth-order valence-corrected chi connectivity index (χ4v) is 3.21. The molecule has 1 atom stereocenters. The van der Waals surface area contributed by atoms with Crippen molar-refractivity contribution in [1.29, 1.82) is 0 Å². The van der Waals surface area contributed by atoms with Crippen LogP contribution in [0.4, 0.5) is 4.79 Å². The number of Topliss-reactive ketones (excluding diaryl/α,β-unsaturated/α-hetero) is 1. The predicted octanol–water partition coefficient (Wildman–Crippen LogP) is 0.137. The van der Waals surface area contributed by atoms with Gasteiger partial charge < -0.3 is 21.7 Å². The summed E-state index contributed by atoms with van der Waals surface area (Å²) in [5, 5.41) is 7.63. The summed E-state index contributed by atoms with van der Waals surface area (Å²) >= 11 is 0. The number of primary amides is 1. The van der Waals surface area contributed by atoms with E-state index in [9.17, 15) is 28.8 Å². The third-order valence-electron chi connectivity index (χ3n) is 4.99. The van der Waals surface area contributed by atoms with Crippen LogP contribution in [0.15, 0.2) is 12.2 Å². The van der Waals surface area contributed by atoms with E-state index in [4.69, 9.17) is 5.73 Å². The monoisotopic (exact) mass is 465 g/mol. The third kappa shape index (κ3) is 10.8. The molecular weight excluding hydrogens is 430 g/mol. The molecule has 0 aromatic carbocycles. The van der Waals surface area contributed by atoms with Crippen molar-refractivity contribution < 1.29 is 28.8 Å². The van der Waals surface area contributed by atoms with Gasteiger partial charge in [0.2, 0.25) is 11.8 Å². The van der Waals surface area contributed by atoms with E-state index >= 15 is 0 Å². The quantitative estimate of drug-likeness (QED) is 0.210. The minimum atomic E-state index is -0.741. The number of nitrogens with one attached hydrogen (secondary N) is 3. The topological polar surface area (TPSA) is 168 Å². The van der Waals surface area contributed by atoms with Gasteiger partial charge in [-0.3, -0.25) is 28.9 Å². The number of urea groups is 1. The fourth-order valence-electron chi connectivity index (χ4n) is 3.21. The molecule has 0 saturated carbocycles. The van der Waals surface area contributed by atoms with E-state index < -0.39 is 23.4 Å². The average Bonchev–Trinajstić information content (AvgIpc) is 3.04. The number of amides is 6. The van der Waals surface area contributed by atoms with Crippen molar-refractivity contribution in [3.8, 4) is 0 Å². The zero-order valence-corrected chi connectivity index (χ0v) is 19.6. The first-order chi connectivity index (χ1) is 15.4. The number of rotatable bonds is 14. The molecule has 0 radical (unpaired) electrons. The maximum atomic E-state index is 12.6. The fraction of sp³-hybridized carbons (Fsp3) is 0.636. The Morgan fingerprint density at radius 3 is 2.15 bits per heavy atom. The predicted molar refractivity (Wildman–Crippen MR) is 121 cm³/mol. The summed E-state index contributed by atoms with van der Waals surface area (Å²) < 4.78 is 0. The van der Waals surface area contributed by atoms with Crippen molar-refractivity contribution in [2.45, 2.75) is 65.3 Å². The number of carbonyl (C=O) groups is 6. The van der Waals surface area contributed by atoms with Crippen molar-refractivity contribution in [2.75, 3.05) is 19.6 Å². The Morgan fingerprint density at radius 1 is 0.939 bits per heavy atom. The van der Waals surface area contributed by atoms with Gasteiger partial charge in [0, 0.05) is 37.1 Å². The summed E-state index contributed by atoms with van der Waals surface area (Å²) in [4.78, 5) is 71.7. The van der Waals surface area contributed by atoms with Gasteiger partial charge in [-0.25, -0.2) is 4.79 Å². The smallest absolute Gasteiger partial charge is 0.312 e. The Bertz CT molecular complexity index is 769. The van der Waals surface area contributed by atoms with Crippen LogP contribution >= 0.6 is 0 Å². The highest BCUT2D eigenvalue weighted by atomic mass is 16.2. The Labute approximate surface area is 193 Å². The minimum Gasteiger partial charge on any atom is -0.352 e. The highest BCUT2D eigenvalue weighted by Gasteiger charge is 2.30. The number of imide groups is 1. The number of nitrogens with zero attached hydrogens (tertiary/aromatic N) is 1. The van der Waals surface area contributed by atoms with Crippen molar-refractivity contribution in [2.24, 2.45) is 11.1 Å². The van der Waals surface area contributed by atoms with Crippen LogP contribution in [-0.2, 0) is 24.0 Å². The molecule has 0 spiro atoms. The minimum absolute atomic E-state index is 0.147. The van der Waals surface area contributed by atoms with Gasteiger partial charge in [0.1, 0.15) is 0 Å². The summed E-state index contributed by atoms with van der Waals surface area (Å²) in [6, 6.07) is -1.40. The van der Waals surface area contributed by atoms with Gasteiger partial charge in [-0.1, -0.05) is 27.2 Å². The molecule has 1 aliphatic rings. The second kappa shape index (κ2) is 13.3. The maximum Gasteiger partial charge on any atom is 0.312 e. The number of ketones is 1. The van der Waals surface area contributed by atoms with Gasteiger partial charge in [0.25, 0.3) is 11.8 Å². The summed E-state index contributed by atoms with van der Waals surface area (Å²) in [7, 11) is 0. The Hall–Kier alpha value is -3.24. The molecule has 0 saturated heterocycles. The molecule has 5 N–H and O–H groups in total. The van der Waals surface area contributed by atoms with E-state index in [1.54, 1.807) is 20.8 Å². The second-order valence-electron chi connectivity index (χ2n) is 8.92. The molecule has 1 aliphatic heterocycles. The molecule has 1 unspecified atom stereocenters. The van der Waals surface area contributed by atoms with Crippen LogP contribution in [-0.4, -0.2) is 66.0 Å². The molecule has 1 rings (SSSR count). The van der Waals surface area contributed by atoms with Crippen LogP contribution in [0, 0.1) is 5.41 Å². The summed E-state index contributed by atoms with van der Waals surface area (Å²) in [5.41, 5.74) is 4.35. The van der Waals surface area contributed by atoms with E-state index in [-0.39, 0.29) is 43.0 Å². The lowest BCUT2D eigenvalue weighted by atomic mass is 9.85. The van der Waals surface area contributed by atoms with Gasteiger partial charge in [0.15, 0.2) is 5.78 Å². The van der Waals surface area contributed by atoms with Crippen LogP contribution in [0.5, 0.6) is 0 Å². The van der Waals surface area contributed by atoms with Gasteiger partial charge >= 0.3 is 6.03 Å². The third-order valence-corrected chi connectivity index (χ3v) is 4.99. The van der Waals surface area contributed by atoms with Gasteiger partial charge in [0.05, 0.1) is 12.6 Å². The first-order valence-corrected chi connectivity index (χ1v) is 11.1. The maximum absolute atomic E-state index is 12.6. The van der Waals surface area contributed by atoms with Crippen LogP contribution in [0.1, 0.15) is 59.3 Å². The Kier molecular flexibility index (Phi) is 11.2. The molecule has 6 amide bonds. The first-order valence-electron chi connectivity index (χ1n) is 11.1. The largest absolute Gasteiger partial charge is 0.352 e. The van der Waals surface area contributed by atoms with E-state index in [1.165, 1.54) is 12.2 Å². The molecule has 0 fully saturated rings. The van der Waals surface area contributed by atoms with Crippen molar-refractivity contribution in [1.82, 2.24) is 20.9 Å². The Morgan fingerprint density at radius 2 is 1.58 bits per heavy atom. The molecule has 0 aromatic heterocycles. The van der Waals surface area contributed by atoms with E-state index in [1.807, 2.05) is 0 Å². The molecule has 184 valence electrons. The molecule has 0 bridgehead atoms. The van der Waals surface area contributed by atoms with E-state index in [2.05, 4.69) is 16.0 Å². The molecule has 33 heavy (non-hydrogen) atoms. The first kappa shape index (κ1) is 27.8. The highest BCUT2D eigenvalue weighted by molar-refractivity contribution is 6.12. The number of unbranched alkanes of at least 4 members (excludes halogenated alkanes) is 2. The molecular formula is C22H35N5O6. The van der Waals surface area contributed by atoms with Crippen molar-refractivity contribution in [3.63, 3.8) is 0 Å². The molecule has 11 heteroatoms. The normalized spacial score (nSPS) is 14.2. The average molecular weight is 466 g/mol. The van der Waals surface area contributed by atoms with Gasteiger partial charge in [-0.05, 0) is 25.7 Å². The highest BCUT2D eigenvalue weighted by Crippen LogP contribution is 2.19. The standard InChI is InChI=1S/C22H35N5O6/c1-22(2,3)20(32)15(8-7-12-24-21(23)33)26-17(29)14-25-16(28)9-5-4-6-13-27-18(30)10-11-19(27)31/h10-11,15H,4-9,12-14H2,1-3H3,(H,25,28)(H,26,29)(H3,23,24,33). The summed E-state index contributed by atoms with van der Waals surface area (Å²) in [6.45, 7) is 5.60. The lowest BCUT2D eigenvalue weighted by molar-refractivity contribution is -0.137. The van der Waals surface area contributed by atoms with E-state index in [0.717, 1.165) is 4.90 Å². The summed E-state index contributed by atoms with van der Waals surface area (Å²) in [5.74, 6) is -1.57. The zero-order valence-electron chi connectivity index (χ0n) is 19.6. The van der Waals surface area contributed by atoms with Crippen LogP contribution in [0.2, 0.25) is 0 Å². The Balaban J connectivity index is 2.32. The number of carbonyl (C=O) groups excluding carboxylic acids is 6. The lowest BCUT2D eigenvalue weighted by Gasteiger charge is -2.25. The summed E-state index contributed by atoms with van der Waals surface area (Å²) in [6.07, 6.45) is 5.25. The van der Waals surface area contributed by atoms with Crippen LogP contribution < -0.4 is 21.7 Å². The van der Waals surface area contributed by atoms with Gasteiger partial charge in [-0.15, -0.1) is 0 Å². The van der Waals surface area contributed by atoms with E-state index in [0.29, 0.717) is 38.6 Å². The van der Waals surface area contributed by atoms with Crippen molar-refractivity contribution >= 4 is 35.4 Å². The van der Waals surface area contributed by atoms with Gasteiger partial charge in [-0.2, -0.15) is 0 Å². The van der Waals surface area contributed by atoms with Crippen molar-refractivity contribution in [3.05, 3.63) is 12.2 Å². The van der Waals surface area contributed by atoms with Crippen LogP contribution in [0.25, 0.3) is 0 Å². The number of hydrogen-bond acceptors (Lipinski definition) is 6. The zero-order chi connectivity index (χ0) is 25.0. The van der Waals surface area contributed by atoms with Crippen LogP contribution in [0.3, 0.4) is 0 Å². The molecule has 1 heterocycles. The number of hydrogen-bond donors (Lipinski definition) is 4.